The molecule has 0 aliphatic heterocycles. The van der Waals surface area contributed by atoms with Crippen molar-refractivity contribution in [2.24, 2.45) is 0 Å². The predicted molar refractivity (Wildman–Crippen MR) is 80.1 cm³/mol. The summed E-state index contributed by atoms with van der Waals surface area (Å²) in [6.07, 6.45) is 3.05. The van der Waals surface area contributed by atoms with Gasteiger partial charge in [0.2, 0.25) is 10.0 Å². The first-order valence-corrected chi connectivity index (χ1v) is 9.39. The lowest BCUT2D eigenvalue weighted by Crippen LogP contribution is -2.22. The number of nitrogens with one attached hydrogen (secondary N) is 1. The molecular formula is C12H15NO6S2. The van der Waals surface area contributed by atoms with Gasteiger partial charge in [-0.3, -0.25) is 4.72 Å². The Labute approximate surface area is 123 Å². The lowest BCUT2D eigenvalue weighted by atomic mass is 10.1. The zero-order chi connectivity index (χ0) is 16.3. The number of carboxylic acids is 1. The van der Waals surface area contributed by atoms with Crippen LogP contribution in [-0.2, 0) is 24.7 Å². The fraction of sp³-hybridized carbons (Fsp3) is 0.250. The molecule has 0 radical (unpaired) electrons. The van der Waals surface area contributed by atoms with Gasteiger partial charge in [0.15, 0.2) is 14.9 Å². The Morgan fingerprint density at radius 2 is 1.86 bits per heavy atom. The third-order valence-corrected chi connectivity index (χ3v) is 5.66. The highest BCUT2D eigenvalue weighted by molar-refractivity contribution is 8.08. The number of anilines is 1. The van der Waals surface area contributed by atoms with Crippen LogP contribution in [0, 0.1) is 6.92 Å². The van der Waals surface area contributed by atoms with E-state index in [9.17, 15) is 21.6 Å². The third kappa shape index (κ3) is 6.91. The molecule has 1 rings (SSSR count). The number of carboxylic acid groups (broad SMARTS) is 1. The molecule has 0 bridgehead atoms. The number of sulfone groups is 1. The summed E-state index contributed by atoms with van der Waals surface area (Å²) in [7, 11) is -7.72. The summed E-state index contributed by atoms with van der Waals surface area (Å²) in [5, 5.41) is 7.54. The number of hydrogen-bond acceptors (Lipinski definition) is 5. The molecule has 0 heterocycles. The van der Waals surface area contributed by atoms with E-state index in [1.54, 1.807) is 13.0 Å². The molecule has 2 N–H and O–H groups in total. The maximum Gasteiger partial charge on any atom is 0.328 e. The SMILES string of the molecule is Cc1cc(/C=C/C(=O)O)cc(NS(=O)(=O)CS(C)(=O)=O)c1. The Hall–Kier alpha value is -1.87. The number of aryl methyl sites for hydroxylation is 1. The lowest BCUT2D eigenvalue weighted by Gasteiger charge is -2.09. The molecule has 0 aliphatic rings. The van der Waals surface area contributed by atoms with Gasteiger partial charge in [-0.05, 0) is 36.3 Å². The van der Waals surface area contributed by atoms with Crippen molar-refractivity contribution in [3.05, 3.63) is 35.4 Å². The maximum absolute atomic E-state index is 11.7. The molecule has 0 amide bonds. The highest BCUT2D eigenvalue weighted by Crippen LogP contribution is 2.17. The molecule has 116 valence electrons. The van der Waals surface area contributed by atoms with Gasteiger partial charge >= 0.3 is 5.97 Å². The van der Waals surface area contributed by atoms with Crippen molar-refractivity contribution in [2.45, 2.75) is 6.92 Å². The average molecular weight is 333 g/mol. The van der Waals surface area contributed by atoms with Crippen LogP contribution < -0.4 is 4.72 Å². The minimum absolute atomic E-state index is 0.170. The number of aliphatic carboxylic acids is 1. The van der Waals surface area contributed by atoms with Gasteiger partial charge in [0, 0.05) is 18.0 Å². The third-order valence-electron chi connectivity index (χ3n) is 2.16. The standard InChI is InChI=1S/C12H15NO6S2/c1-9-5-10(3-4-12(14)15)7-11(6-9)13-21(18,19)8-20(2,16)17/h3-7,13H,8H2,1-2H3,(H,14,15)/b4-3+. The van der Waals surface area contributed by atoms with Crippen LogP contribution in [-0.4, -0.2) is 39.3 Å². The molecule has 1 aromatic rings. The molecule has 21 heavy (non-hydrogen) atoms. The van der Waals surface area contributed by atoms with Crippen LogP contribution in [0.3, 0.4) is 0 Å². The second kappa shape index (κ2) is 6.27. The summed E-state index contributed by atoms with van der Waals surface area (Å²) >= 11 is 0. The first-order chi connectivity index (χ1) is 9.47. The van der Waals surface area contributed by atoms with Gasteiger partial charge in [-0.15, -0.1) is 0 Å². The summed E-state index contributed by atoms with van der Waals surface area (Å²) in [5.74, 6) is -1.13. The second-order valence-electron chi connectivity index (χ2n) is 4.56. The van der Waals surface area contributed by atoms with Crippen molar-refractivity contribution in [2.75, 3.05) is 16.1 Å². The van der Waals surface area contributed by atoms with E-state index in [1.165, 1.54) is 18.2 Å². The van der Waals surface area contributed by atoms with Gasteiger partial charge in [0.25, 0.3) is 0 Å². The van der Waals surface area contributed by atoms with Gasteiger partial charge in [-0.1, -0.05) is 6.07 Å². The van der Waals surface area contributed by atoms with E-state index in [4.69, 9.17) is 5.11 Å². The maximum atomic E-state index is 11.7. The van der Waals surface area contributed by atoms with Gasteiger partial charge in [-0.2, -0.15) is 0 Å². The van der Waals surface area contributed by atoms with Crippen LogP contribution in [0.1, 0.15) is 11.1 Å². The molecule has 0 fully saturated rings. The molecule has 0 saturated carbocycles. The van der Waals surface area contributed by atoms with Crippen LogP contribution in [0.4, 0.5) is 5.69 Å². The summed E-state index contributed by atoms with van der Waals surface area (Å²) in [6, 6.07) is 4.58. The number of rotatable bonds is 6. The first-order valence-electron chi connectivity index (χ1n) is 5.68. The quantitative estimate of drug-likeness (QED) is 0.745. The van der Waals surface area contributed by atoms with E-state index in [2.05, 4.69) is 4.72 Å². The molecule has 0 atom stereocenters. The molecular weight excluding hydrogens is 318 g/mol. The lowest BCUT2D eigenvalue weighted by molar-refractivity contribution is -0.131. The van der Waals surface area contributed by atoms with E-state index >= 15 is 0 Å². The molecule has 0 saturated heterocycles. The van der Waals surface area contributed by atoms with E-state index in [1.807, 2.05) is 0 Å². The monoisotopic (exact) mass is 333 g/mol. The van der Waals surface area contributed by atoms with Crippen LogP contribution >= 0.6 is 0 Å². The van der Waals surface area contributed by atoms with E-state index in [-0.39, 0.29) is 5.69 Å². The van der Waals surface area contributed by atoms with Crippen molar-refractivity contribution >= 4 is 37.6 Å². The summed E-state index contributed by atoms with van der Waals surface area (Å²) in [5.41, 5.74) is 1.35. The Bertz CT molecular complexity index is 778. The van der Waals surface area contributed by atoms with Crippen LogP contribution in [0.15, 0.2) is 24.3 Å². The fourth-order valence-electron chi connectivity index (χ4n) is 1.63. The van der Waals surface area contributed by atoms with E-state index in [0.717, 1.165) is 12.3 Å². The van der Waals surface area contributed by atoms with Crippen molar-refractivity contribution in [3.8, 4) is 0 Å². The number of carbonyl (C=O) groups is 1. The van der Waals surface area contributed by atoms with Crippen molar-refractivity contribution < 1.29 is 26.7 Å². The molecule has 0 unspecified atom stereocenters. The zero-order valence-electron chi connectivity index (χ0n) is 11.4. The fourth-order valence-corrected chi connectivity index (χ4v) is 4.59. The topological polar surface area (TPSA) is 118 Å². The molecule has 9 heteroatoms. The Balaban J connectivity index is 3.07. The average Bonchev–Trinajstić information content (AvgIpc) is 2.20. The van der Waals surface area contributed by atoms with Gasteiger partial charge in [0.1, 0.15) is 0 Å². The minimum atomic E-state index is -4.04. The van der Waals surface area contributed by atoms with Gasteiger partial charge in [0.05, 0.1) is 0 Å². The Morgan fingerprint density at radius 3 is 2.38 bits per heavy atom. The first kappa shape index (κ1) is 17.2. The minimum Gasteiger partial charge on any atom is -0.478 e. The normalized spacial score (nSPS) is 12.5. The van der Waals surface area contributed by atoms with Gasteiger partial charge in [-0.25, -0.2) is 21.6 Å². The molecule has 1 aromatic carbocycles. The number of hydrogen-bond donors (Lipinski definition) is 2. The number of sulfonamides is 1. The smallest absolute Gasteiger partial charge is 0.328 e. The van der Waals surface area contributed by atoms with Crippen molar-refractivity contribution in [3.63, 3.8) is 0 Å². The summed E-state index contributed by atoms with van der Waals surface area (Å²) < 4.78 is 47.7. The Morgan fingerprint density at radius 1 is 1.24 bits per heavy atom. The molecule has 0 spiro atoms. The molecule has 7 nitrogen and oxygen atoms in total. The Kier molecular flexibility index (Phi) is 5.13. The van der Waals surface area contributed by atoms with E-state index in [0.29, 0.717) is 11.1 Å². The summed E-state index contributed by atoms with van der Waals surface area (Å²) in [4.78, 5) is 10.5. The van der Waals surface area contributed by atoms with Crippen LogP contribution in [0.25, 0.3) is 6.08 Å². The van der Waals surface area contributed by atoms with E-state index < -0.39 is 30.9 Å². The highest BCUT2D eigenvalue weighted by Gasteiger charge is 2.18. The second-order valence-corrected chi connectivity index (χ2v) is 8.79. The highest BCUT2D eigenvalue weighted by atomic mass is 32.3. The van der Waals surface area contributed by atoms with Gasteiger partial charge < -0.3 is 5.11 Å². The predicted octanol–water partition coefficient (Wildman–Crippen LogP) is 0.837. The largest absolute Gasteiger partial charge is 0.478 e. The van der Waals surface area contributed by atoms with Crippen molar-refractivity contribution in [1.82, 2.24) is 0 Å². The van der Waals surface area contributed by atoms with Crippen molar-refractivity contribution in [1.29, 1.82) is 0 Å². The van der Waals surface area contributed by atoms with Crippen LogP contribution in [0.2, 0.25) is 0 Å². The zero-order valence-corrected chi connectivity index (χ0v) is 13.0. The summed E-state index contributed by atoms with van der Waals surface area (Å²) in [6.45, 7) is 1.70. The number of benzene rings is 1. The van der Waals surface area contributed by atoms with Crippen LogP contribution in [0.5, 0.6) is 0 Å². The molecule has 0 aliphatic carbocycles. The molecule has 0 aromatic heterocycles.